The van der Waals surface area contributed by atoms with Crippen molar-refractivity contribution in [1.82, 2.24) is 4.98 Å². The summed E-state index contributed by atoms with van der Waals surface area (Å²) in [5.41, 5.74) is 0.544. The number of hydrogen-bond acceptors (Lipinski definition) is 5. The lowest BCUT2D eigenvalue weighted by Gasteiger charge is -2.15. The molecule has 0 aliphatic heterocycles. The fraction of sp³-hybridized carbons (Fsp3) is 0.545. The van der Waals surface area contributed by atoms with Crippen LogP contribution in [0.5, 0.6) is 0 Å². The van der Waals surface area contributed by atoms with E-state index in [2.05, 4.69) is 26.2 Å². The molecule has 6 nitrogen and oxygen atoms in total. The molecule has 1 aromatic rings. The Kier molecular flexibility index (Phi) is 5.49. The summed E-state index contributed by atoms with van der Waals surface area (Å²) in [6.45, 7) is 3.80. The number of rotatable bonds is 6. The smallest absolute Gasteiger partial charge is 0.291 e. The molecule has 0 fully saturated rings. The maximum absolute atomic E-state index is 10.7. The minimum absolute atomic E-state index is 0.00423. The van der Waals surface area contributed by atoms with Gasteiger partial charge in [0.1, 0.15) is 12.0 Å². The molecule has 1 unspecified atom stereocenters. The molecule has 0 aromatic carbocycles. The van der Waals surface area contributed by atoms with E-state index in [0.717, 1.165) is 6.42 Å². The second-order valence-electron chi connectivity index (χ2n) is 4.10. The number of aliphatic hydroxyl groups excluding tert-OH is 1. The molecule has 1 atom stereocenters. The second-order valence-corrected chi connectivity index (χ2v) is 4.89. The third-order valence-corrected chi connectivity index (χ3v) is 3.58. The zero-order chi connectivity index (χ0) is 13.7. The molecular formula is C11H16BrN3O3. The van der Waals surface area contributed by atoms with Crippen LogP contribution in [0.1, 0.15) is 25.3 Å². The van der Waals surface area contributed by atoms with Gasteiger partial charge in [0, 0.05) is 18.2 Å². The summed E-state index contributed by atoms with van der Waals surface area (Å²) in [6, 6.07) is 0.141. The average Bonchev–Trinajstić information content (AvgIpc) is 2.32. The highest BCUT2D eigenvalue weighted by Gasteiger charge is 2.17. The maximum Gasteiger partial charge on any atom is 0.291 e. The van der Waals surface area contributed by atoms with Crippen LogP contribution in [0.4, 0.5) is 11.5 Å². The molecule has 1 rings (SSSR count). The number of anilines is 1. The quantitative estimate of drug-likeness (QED) is 0.622. The molecule has 1 heterocycles. The fourth-order valence-electron chi connectivity index (χ4n) is 1.56. The summed E-state index contributed by atoms with van der Waals surface area (Å²) in [4.78, 5) is 14.3. The molecule has 0 amide bonds. The third kappa shape index (κ3) is 3.64. The van der Waals surface area contributed by atoms with Gasteiger partial charge in [-0.05, 0) is 42.6 Å². The van der Waals surface area contributed by atoms with Crippen LogP contribution < -0.4 is 5.32 Å². The Morgan fingerprint density at radius 1 is 1.67 bits per heavy atom. The monoisotopic (exact) mass is 317 g/mol. The van der Waals surface area contributed by atoms with Crippen molar-refractivity contribution in [2.45, 2.75) is 32.7 Å². The average molecular weight is 318 g/mol. The zero-order valence-corrected chi connectivity index (χ0v) is 11.9. The van der Waals surface area contributed by atoms with Crippen molar-refractivity contribution >= 4 is 27.4 Å². The Morgan fingerprint density at radius 2 is 2.33 bits per heavy atom. The summed E-state index contributed by atoms with van der Waals surface area (Å²) in [7, 11) is 0. The van der Waals surface area contributed by atoms with Crippen LogP contribution >= 0.6 is 15.9 Å². The van der Waals surface area contributed by atoms with Crippen LogP contribution in [0.25, 0.3) is 0 Å². The van der Waals surface area contributed by atoms with Crippen LogP contribution in [-0.4, -0.2) is 27.7 Å². The lowest BCUT2D eigenvalue weighted by Crippen LogP contribution is -2.17. The normalized spacial score (nSPS) is 12.2. The number of nitro groups is 1. The van der Waals surface area contributed by atoms with Crippen molar-refractivity contribution in [2.24, 2.45) is 0 Å². The molecule has 0 aliphatic carbocycles. The Balaban J connectivity index is 2.85. The Morgan fingerprint density at radius 3 is 2.89 bits per heavy atom. The minimum atomic E-state index is -0.452. The Hall–Kier alpha value is -1.21. The highest BCUT2D eigenvalue weighted by molar-refractivity contribution is 9.10. The van der Waals surface area contributed by atoms with E-state index in [-0.39, 0.29) is 18.3 Å². The highest BCUT2D eigenvalue weighted by atomic mass is 79.9. The van der Waals surface area contributed by atoms with Gasteiger partial charge in [-0.3, -0.25) is 10.1 Å². The van der Waals surface area contributed by atoms with E-state index in [1.54, 1.807) is 6.92 Å². The molecule has 18 heavy (non-hydrogen) atoms. The van der Waals surface area contributed by atoms with Crippen LogP contribution in [-0.2, 0) is 0 Å². The number of aliphatic hydroxyl groups is 1. The standard InChI is InChI=1S/C11H16BrN3O3/c1-7(4-3-5-16)14-11-10(12)8(2)9(6-13-11)15(17)18/h6-7,16H,3-5H2,1-2H3,(H,13,14). The van der Waals surface area contributed by atoms with E-state index < -0.39 is 4.92 Å². The summed E-state index contributed by atoms with van der Waals surface area (Å²) < 4.78 is 0.604. The van der Waals surface area contributed by atoms with E-state index >= 15 is 0 Å². The van der Waals surface area contributed by atoms with Crippen molar-refractivity contribution < 1.29 is 10.0 Å². The highest BCUT2D eigenvalue weighted by Crippen LogP contribution is 2.30. The predicted octanol–water partition coefficient (Wildman–Crippen LogP) is 2.63. The van der Waals surface area contributed by atoms with Gasteiger partial charge in [-0.15, -0.1) is 0 Å². The minimum Gasteiger partial charge on any atom is -0.396 e. The molecule has 1 aromatic heterocycles. The van der Waals surface area contributed by atoms with E-state index in [1.807, 2.05) is 6.92 Å². The van der Waals surface area contributed by atoms with E-state index in [1.165, 1.54) is 6.20 Å². The first kappa shape index (κ1) is 14.8. The first-order valence-electron chi connectivity index (χ1n) is 5.64. The second kappa shape index (κ2) is 6.65. The number of nitrogens with one attached hydrogen (secondary N) is 1. The molecule has 100 valence electrons. The van der Waals surface area contributed by atoms with Gasteiger partial charge in [-0.2, -0.15) is 0 Å². The molecular weight excluding hydrogens is 302 g/mol. The molecule has 7 heteroatoms. The van der Waals surface area contributed by atoms with Crippen molar-refractivity contribution in [3.63, 3.8) is 0 Å². The fourth-order valence-corrected chi connectivity index (χ4v) is 1.98. The number of nitrogens with zero attached hydrogens (tertiary/aromatic N) is 2. The van der Waals surface area contributed by atoms with E-state index in [0.29, 0.717) is 22.3 Å². The molecule has 2 N–H and O–H groups in total. The number of aromatic nitrogens is 1. The molecule has 0 saturated heterocycles. The van der Waals surface area contributed by atoms with Crippen molar-refractivity contribution in [2.75, 3.05) is 11.9 Å². The lowest BCUT2D eigenvalue weighted by molar-refractivity contribution is -0.385. The zero-order valence-electron chi connectivity index (χ0n) is 10.3. The molecule has 0 saturated carbocycles. The van der Waals surface area contributed by atoms with Crippen molar-refractivity contribution in [3.8, 4) is 0 Å². The van der Waals surface area contributed by atoms with Crippen LogP contribution in [0, 0.1) is 17.0 Å². The first-order valence-corrected chi connectivity index (χ1v) is 6.43. The van der Waals surface area contributed by atoms with Gasteiger partial charge in [0.15, 0.2) is 0 Å². The molecule has 0 spiro atoms. The maximum atomic E-state index is 10.7. The van der Waals surface area contributed by atoms with Crippen molar-refractivity contribution in [1.29, 1.82) is 0 Å². The summed E-state index contributed by atoms with van der Waals surface area (Å²) >= 11 is 3.32. The van der Waals surface area contributed by atoms with Gasteiger partial charge in [-0.25, -0.2) is 4.98 Å². The van der Waals surface area contributed by atoms with Crippen LogP contribution in [0.2, 0.25) is 0 Å². The SMILES string of the molecule is Cc1c([N+](=O)[O-])cnc(NC(C)CCCO)c1Br. The topological polar surface area (TPSA) is 88.3 Å². The predicted molar refractivity (Wildman–Crippen MR) is 72.7 cm³/mol. The van der Waals surface area contributed by atoms with Gasteiger partial charge in [0.25, 0.3) is 5.69 Å². The van der Waals surface area contributed by atoms with Gasteiger partial charge >= 0.3 is 0 Å². The van der Waals surface area contributed by atoms with Gasteiger partial charge < -0.3 is 10.4 Å². The van der Waals surface area contributed by atoms with Gasteiger partial charge in [-0.1, -0.05) is 0 Å². The van der Waals surface area contributed by atoms with Gasteiger partial charge in [0.2, 0.25) is 0 Å². The molecule has 0 radical (unpaired) electrons. The molecule has 0 bridgehead atoms. The van der Waals surface area contributed by atoms with E-state index in [9.17, 15) is 10.1 Å². The summed E-state index contributed by atoms with van der Waals surface area (Å²) in [5.74, 6) is 0.587. The third-order valence-electron chi connectivity index (χ3n) is 2.61. The largest absolute Gasteiger partial charge is 0.396 e. The van der Waals surface area contributed by atoms with Crippen LogP contribution in [0.3, 0.4) is 0 Å². The summed E-state index contributed by atoms with van der Waals surface area (Å²) in [5, 5.41) is 22.7. The van der Waals surface area contributed by atoms with Gasteiger partial charge in [0.05, 0.1) is 9.40 Å². The number of halogens is 1. The number of pyridine rings is 1. The number of hydrogen-bond donors (Lipinski definition) is 2. The van der Waals surface area contributed by atoms with Crippen LogP contribution in [0.15, 0.2) is 10.7 Å². The van der Waals surface area contributed by atoms with Crippen molar-refractivity contribution in [3.05, 3.63) is 26.3 Å². The Labute approximate surface area is 114 Å². The first-order chi connectivity index (χ1) is 8.47. The lowest BCUT2D eigenvalue weighted by atomic mass is 10.2. The summed E-state index contributed by atoms with van der Waals surface area (Å²) in [6.07, 6.45) is 2.76. The Bertz CT molecular complexity index is 440. The van der Waals surface area contributed by atoms with E-state index in [4.69, 9.17) is 5.11 Å². The molecule has 0 aliphatic rings.